The predicted molar refractivity (Wildman–Crippen MR) is 37.9 cm³/mol. The van der Waals surface area contributed by atoms with Gasteiger partial charge in [0.05, 0.1) is 5.83 Å². The van der Waals surface area contributed by atoms with Crippen LogP contribution < -0.4 is 5.32 Å². The molecule has 0 unspecified atom stereocenters. The number of rotatable bonds is 3. The summed E-state index contributed by atoms with van der Waals surface area (Å²) in [5.41, 5.74) is 0.762. The molecule has 0 amide bonds. The Morgan fingerprint density at radius 1 is 1.78 bits per heavy atom. The lowest BCUT2D eigenvalue weighted by Gasteiger charge is -1.95. The molecule has 0 radical (unpaired) electrons. The molecule has 0 fully saturated rings. The highest BCUT2D eigenvalue weighted by molar-refractivity contribution is 5.17. The number of allylic oxidation sites excluding steroid dienone is 1. The quantitative estimate of drug-likeness (QED) is 0.571. The van der Waals surface area contributed by atoms with E-state index in [9.17, 15) is 4.39 Å². The van der Waals surface area contributed by atoms with Gasteiger partial charge in [-0.15, -0.1) is 0 Å². The van der Waals surface area contributed by atoms with E-state index in [1.807, 2.05) is 0 Å². The zero-order valence-electron chi connectivity index (χ0n) is 5.87. The molecule has 0 saturated carbocycles. The van der Waals surface area contributed by atoms with E-state index in [4.69, 9.17) is 0 Å². The van der Waals surface area contributed by atoms with Crippen LogP contribution in [0.25, 0.3) is 0 Å². The van der Waals surface area contributed by atoms with Gasteiger partial charge in [-0.1, -0.05) is 6.58 Å². The Labute approximate surface area is 55.3 Å². The Bertz CT molecular complexity index is 123. The molecule has 0 saturated heterocycles. The molecule has 0 aromatic rings. The van der Waals surface area contributed by atoms with Crippen LogP contribution in [0.5, 0.6) is 0 Å². The van der Waals surface area contributed by atoms with Gasteiger partial charge in [0.2, 0.25) is 0 Å². The molecule has 52 valence electrons. The van der Waals surface area contributed by atoms with E-state index in [0.717, 1.165) is 5.57 Å². The summed E-state index contributed by atoms with van der Waals surface area (Å²) in [5, 5.41) is 2.86. The first-order chi connectivity index (χ1) is 4.16. The first-order valence-corrected chi connectivity index (χ1v) is 2.83. The topological polar surface area (TPSA) is 12.0 Å². The summed E-state index contributed by atoms with van der Waals surface area (Å²) in [7, 11) is 1.80. The maximum Gasteiger partial charge on any atom is 0.0971 e. The van der Waals surface area contributed by atoms with E-state index in [1.54, 1.807) is 7.05 Å². The molecule has 0 aliphatic carbocycles. The van der Waals surface area contributed by atoms with E-state index >= 15 is 0 Å². The maximum absolute atomic E-state index is 12.0. The molecular formula is C7H12FN. The molecular weight excluding hydrogens is 117 g/mol. The van der Waals surface area contributed by atoms with E-state index in [0.29, 0.717) is 6.54 Å². The van der Waals surface area contributed by atoms with Crippen molar-refractivity contribution in [1.29, 1.82) is 0 Å². The van der Waals surface area contributed by atoms with Crippen LogP contribution in [0, 0.1) is 0 Å². The second-order valence-electron chi connectivity index (χ2n) is 1.92. The lowest BCUT2D eigenvalue weighted by atomic mass is 10.3. The van der Waals surface area contributed by atoms with Gasteiger partial charge in [0, 0.05) is 6.54 Å². The maximum atomic E-state index is 12.0. The summed E-state index contributed by atoms with van der Waals surface area (Å²) in [4.78, 5) is 0. The van der Waals surface area contributed by atoms with Crippen LogP contribution in [0.4, 0.5) is 4.39 Å². The van der Waals surface area contributed by atoms with Gasteiger partial charge in [-0.25, -0.2) is 4.39 Å². The van der Waals surface area contributed by atoms with Gasteiger partial charge >= 0.3 is 0 Å². The molecule has 0 aromatic heterocycles. The lowest BCUT2D eigenvalue weighted by molar-refractivity contribution is 0.638. The smallest absolute Gasteiger partial charge is 0.0971 e. The van der Waals surface area contributed by atoms with Crippen LogP contribution in [-0.2, 0) is 0 Å². The number of halogens is 1. The summed E-state index contributed by atoms with van der Waals surface area (Å²) in [6.45, 7) is 5.65. The average molecular weight is 129 g/mol. The Morgan fingerprint density at radius 2 is 2.33 bits per heavy atom. The van der Waals surface area contributed by atoms with Crippen LogP contribution in [-0.4, -0.2) is 13.6 Å². The van der Waals surface area contributed by atoms with E-state index in [-0.39, 0.29) is 5.83 Å². The fourth-order valence-electron chi connectivity index (χ4n) is 0.559. The van der Waals surface area contributed by atoms with Gasteiger partial charge in [0.25, 0.3) is 0 Å². The fourth-order valence-corrected chi connectivity index (χ4v) is 0.559. The molecule has 2 heteroatoms. The molecule has 9 heavy (non-hydrogen) atoms. The van der Waals surface area contributed by atoms with Gasteiger partial charge in [-0.05, 0) is 25.6 Å². The minimum atomic E-state index is -0.199. The third kappa shape index (κ3) is 5.24. The zero-order chi connectivity index (χ0) is 7.28. The summed E-state index contributed by atoms with van der Waals surface area (Å²) >= 11 is 0. The van der Waals surface area contributed by atoms with Gasteiger partial charge in [-0.3, -0.25) is 0 Å². The average Bonchev–Trinajstić information content (AvgIpc) is 1.63. The highest BCUT2D eigenvalue weighted by Gasteiger charge is 1.86. The highest BCUT2D eigenvalue weighted by Crippen LogP contribution is 1.98. The van der Waals surface area contributed by atoms with Gasteiger partial charge in [0.1, 0.15) is 0 Å². The first kappa shape index (κ1) is 8.37. The summed E-state index contributed by atoms with van der Waals surface area (Å²) < 4.78 is 12.0. The van der Waals surface area contributed by atoms with Crippen molar-refractivity contribution in [1.82, 2.24) is 5.32 Å². The first-order valence-electron chi connectivity index (χ1n) is 2.83. The number of likely N-dealkylation sites (N-methyl/N-ethyl adjacent to an activating group) is 1. The SMILES string of the molecule is C=C(C=C(C)F)CNC. The van der Waals surface area contributed by atoms with E-state index in [2.05, 4.69) is 11.9 Å². The van der Waals surface area contributed by atoms with Crippen molar-refractivity contribution in [2.24, 2.45) is 0 Å². The van der Waals surface area contributed by atoms with Crippen LogP contribution in [0.1, 0.15) is 6.92 Å². The molecule has 1 N–H and O–H groups in total. The standard InChI is InChI=1S/C7H12FN/c1-6(5-9-3)4-7(2)8/h4,9H,1,5H2,2-3H3. The zero-order valence-corrected chi connectivity index (χ0v) is 5.87. The minimum absolute atomic E-state index is 0.199. The Hall–Kier alpha value is -0.630. The molecule has 0 spiro atoms. The van der Waals surface area contributed by atoms with Crippen molar-refractivity contribution in [2.45, 2.75) is 6.92 Å². The lowest BCUT2D eigenvalue weighted by Crippen LogP contribution is -2.08. The van der Waals surface area contributed by atoms with Crippen molar-refractivity contribution in [3.63, 3.8) is 0 Å². The van der Waals surface area contributed by atoms with Gasteiger partial charge in [0.15, 0.2) is 0 Å². The normalized spacial score (nSPS) is 11.7. The van der Waals surface area contributed by atoms with Gasteiger partial charge in [-0.2, -0.15) is 0 Å². The highest BCUT2D eigenvalue weighted by atomic mass is 19.1. The van der Waals surface area contributed by atoms with Crippen molar-refractivity contribution >= 4 is 0 Å². The van der Waals surface area contributed by atoms with Crippen molar-refractivity contribution in [3.8, 4) is 0 Å². The van der Waals surface area contributed by atoms with E-state index in [1.165, 1.54) is 13.0 Å². The number of nitrogens with one attached hydrogen (secondary N) is 1. The Balaban J connectivity index is 3.63. The molecule has 0 aromatic carbocycles. The summed E-state index contributed by atoms with van der Waals surface area (Å²) in [6, 6.07) is 0. The molecule has 0 heterocycles. The number of hydrogen-bond donors (Lipinski definition) is 1. The van der Waals surface area contributed by atoms with Crippen molar-refractivity contribution in [3.05, 3.63) is 24.1 Å². The molecule has 0 bridgehead atoms. The van der Waals surface area contributed by atoms with Crippen LogP contribution in [0.2, 0.25) is 0 Å². The Morgan fingerprint density at radius 3 is 2.67 bits per heavy atom. The fraction of sp³-hybridized carbons (Fsp3) is 0.429. The second-order valence-corrected chi connectivity index (χ2v) is 1.92. The monoisotopic (exact) mass is 129 g/mol. The largest absolute Gasteiger partial charge is 0.316 e. The second kappa shape index (κ2) is 4.27. The van der Waals surface area contributed by atoms with Gasteiger partial charge < -0.3 is 5.32 Å². The molecule has 0 rings (SSSR count). The van der Waals surface area contributed by atoms with Crippen LogP contribution in [0.3, 0.4) is 0 Å². The van der Waals surface area contributed by atoms with Crippen molar-refractivity contribution in [2.75, 3.05) is 13.6 Å². The van der Waals surface area contributed by atoms with Crippen LogP contribution >= 0.6 is 0 Å². The molecule has 0 aliphatic rings. The predicted octanol–water partition coefficient (Wildman–Crippen LogP) is 1.64. The Kier molecular flexibility index (Phi) is 3.97. The molecule has 0 atom stereocenters. The van der Waals surface area contributed by atoms with Crippen LogP contribution in [0.15, 0.2) is 24.1 Å². The summed E-state index contributed by atoms with van der Waals surface area (Å²) in [5.74, 6) is -0.199. The minimum Gasteiger partial charge on any atom is -0.316 e. The summed E-state index contributed by atoms with van der Waals surface area (Å²) in [6.07, 6.45) is 1.41. The molecule has 1 nitrogen and oxygen atoms in total. The third-order valence-corrected chi connectivity index (χ3v) is 0.807. The number of hydrogen-bond acceptors (Lipinski definition) is 1. The van der Waals surface area contributed by atoms with E-state index < -0.39 is 0 Å². The molecule has 0 aliphatic heterocycles. The third-order valence-electron chi connectivity index (χ3n) is 0.807. The van der Waals surface area contributed by atoms with Crippen molar-refractivity contribution < 1.29 is 4.39 Å².